The van der Waals surface area contributed by atoms with Crippen LogP contribution < -0.4 is 0 Å². The van der Waals surface area contributed by atoms with Crippen LogP contribution in [0, 0.1) is 5.92 Å². The molecule has 3 aromatic heterocycles. The molecule has 0 aliphatic carbocycles. The third-order valence-electron chi connectivity index (χ3n) is 5.18. The molecule has 0 aromatic carbocycles. The van der Waals surface area contributed by atoms with Gasteiger partial charge in [0.2, 0.25) is 5.91 Å². The summed E-state index contributed by atoms with van der Waals surface area (Å²) in [5.41, 5.74) is 0. The first-order valence-corrected chi connectivity index (χ1v) is 11.1. The van der Waals surface area contributed by atoms with Gasteiger partial charge in [-0.05, 0) is 53.8 Å². The van der Waals surface area contributed by atoms with Gasteiger partial charge in [-0.2, -0.15) is 0 Å². The molecule has 3 aromatic rings. The molecule has 1 aliphatic heterocycles. The number of rotatable bonds is 6. The molecule has 0 bridgehead atoms. The molecule has 6 heteroatoms. The van der Waals surface area contributed by atoms with Crippen molar-refractivity contribution in [3.8, 4) is 10.6 Å². The second-order valence-electron chi connectivity index (χ2n) is 6.92. The van der Waals surface area contributed by atoms with Crippen LogP contribution in [0.15, 0.2) is 51.6 Å². The van der Waals surface area contributed by atoms with Crippen molar-refractivity contribution in [2.45, 2.75) is 31.8 Å². The lowest BCUT2D eigenvalue weighted by atomic mass is 9.90. The first-order chi connectivity index (χ1) is 13.2. The average Bonchev–Trinajstić information content (AvgIpc) is 3.47. The van der Waals surface area contributed by atoms with E-state index in [1.807, 2.05) is 52.1 Å². The molecule has 1 amide bonds. The van der Waals surface area contributed by atoms with Crippen LogP contribution in [0.3, 0.4) is 0 Å². The molecule has 1 unspecified atom stereocenters. The van der Waals surface area contributed by atoms with Gasteiger partial charge in [0, 0.05) is 30.8 Å². The highest BCUT2D eigenvalue weighted by Crippen LogP contribution is 2.33. The largest absolute Gasteiger partial charge is 0.460 e. The monoisotopic (exact) mass is 401 g/mol. The molecule has 1 saturated heterocycles. The Bertz CT molecular complexity index is 846. The molecule has 1 aliphatic rings. The van der Waals surface area contributed by atoms with Crippen LogP contribution in [0.1, 0.15) is 36.0 Å². The van der Waals surface area contributed by atoms with Gasteiger partial charge in [0.25, 0.3) is 0 Å². The fourth-order valence-electron chi connectivity index (χ4n) is 3.61. The molecule has 0 saturated carbocycles. The van der Waals surface area contributed by atoms with Gasteiger partial charge in [-0.1, -0.05) is 12.1 Å². The zero-order valence-corrected chi connectivity index (χ0v) is 16.7. The Morgan fingerprint density at radius 1 is 1.15 bits per heavy atom. The fourth-order valence-corrected chi connectivity index (χ4v) is 5.10. The predicted molar refractivity (Wildman–Crippen MR) is 109 cm³/mol. The number of carbonyl (C=O) groups excluding carboxylic acids is 1. The first-order valence-electron chi connectivity index (χ1n) is 9.32. The van der Waals surface area contributed by atoms with E-state index in [-0.39, 0.29) is 11.8 Å². The maximum Gasteiger partial charge on any atom is 0.223 e. The van der Waals surface area contributed by atoms with Crippen LogP contribution in [-0.4, -0.2) is 29.0 Å². The van der Waals surface area contributed by atoms with Crippen LogP contribution in [0.4, 0.5) is 0 Å². The van der Waals surface area contributed by atoms with Gasteiger partial charge in [0.05, 0.1) is 11.0 Å². The Balaban J connectivity index is 1.25. The van der Waals surface area contributed by atoms with E-state index < -0.39 is 6.10 Å². The SMILES string of the molecule is O=C(CCc1ccc(-c2cccs2)o1)N1CCC(C(O)c2cccs2)CC1. The van der Waals surface area contributed by atoms with Crippen LogP contribution in [-0.2, 0) is 11.2 Å². The predicted octanol–water partition coefficient (Wildman–Crippen LogP) is 4.97. The van der Waals surface area contributed by atoms with Crippen molar-refractivity contribution < 1.29 is 14.3 Å². The summed E-state index contributed by atoms with van der Waals surface area (Å²) in [7, 11) is 0. The van der Waals surface area contributed by atoms with Crippen LogP contribution >= 0.6 is 22.7 Å². The Labute approximate surface area is 167 Å². The van der Waals surface area contributed by atoms with Gasteiger partial charge in [-0.25, -0.2) is 0 Å². The first kappa shape index (κ1) is 18.5. The number of hydrogen-bond acceptors (Lipinski definition) is 5. The zero-order chi connectivity index (χ0) is 18.6. The summed E-state index contributed by atoms with van der Waals surface area (Å²) in [6.45, 7) is 1.45. The standard InChI is InChI=1S/C21H23NO3S2/c23-20(8-6-16-5-7-17(25-16)18-3-1-13-26-18)22-11-9-15(10-12-22)21(24)19-4-2-14-27-19/h1-5,7,13-15,21,24H,6,8-12H2. The number of carbonyl (C=O) groups is 1. The second kappa shape index (κ2) is 8.42. The lowest BCUT2D eigenvalue weighted by Gasteiger charge is -2.34. The van der Waals surface area contributed by atoms with Gasteiger partial charge in [0.15, 0.2) is 0 Å². The maximum absolute atomic E-state index is 12.5. The number of aryl methyl sites for hydroxylation is 1. The Morgan fingerprint density at radius 3 is 2.63 bits per heavy atom. The second-order valence-corrected chi connectivity index (χ2v) is 8.85. The molecule has 4 rings (SSSR count). The molecule has 142 valence electrons. The van der Waals surface area contributed by atoms with E-state index in [4.69, 9.17) is 4.42 Å². The van der Waals surface area contributed by atoms with Gasteiger partial charge in [-0.3, -0.25) is 4.79 Å². The topological polar surface area (TPSA) is 53.7 Å². The van der Waals surface area contributed by atoms with E-state index in [1.54, 1.807) is 22.7 Å². The van der Waals surface area contributed by atoms with Gasteiger partial charge in [-0.15, -0.1) is 22.7 Å². The molecule has 4 heterocycles. The Hall–Kier alpha value is -1.89. The quantitative estimate of drug-likeness (QED) is 0.634. The van der Waals surface area contributed by atoms with E-state index in [9.17, 15) is 9.90 Å². The van der Waals surface area contributed by atoms with E-state index in [1.165, 1.54) is 0 Å². The lowest BCUT2D eigenvalue weighted by Crippen LogP contribution is -2.39. The Morgan fingerprint density at radius 2 is 1.93 bits per heavy atom. The number of aliphatic hydroxyl groups excluding tert-OH is 1. The van der Waals surface area contributed by atoms with Crippen molar-refractivity contribution in [3.05, 3.63) is 57.8 Å². The molecular formula is C21H23NO3S2. The third kappa shape index (κ3) is 4.34. The molecular weight excluding hydrogens is 378 g/mol. The normalized spacial score (nSPS) is 16.6. The number of amides is 1. The van der Waals surface area contributed by atoms with Crippen molar-refractivity contribution in [1.82, 2.24) is 4.90 Å². The number of furan rings is 1. The summed E-state index contributed by atoms with van der Waals surface area (Å²) < 4.78 is 5.86. The lowest BCUT2D eigenvalue weighted by molar-refractivity contribution is -0.133. The minimum Gasteiger partial charge on any atom is -0.460 e. The van der Waals surface area contributed by atoms with Gasteiger partial charge >= 0.3 is 0 Å². The fraction of sp³-hybridized carbons (Fsp3) is 0.381. The number of likely N-dealkylation sites (tertiary alicyclic amines) is 1. The summed E-state index contributed by atoms with van der Waals surface area (Å²) >= 11 is 3.25. The van der Waals surface area contributed by atoms with Crippen molar-refractivity contribution in [2.75, 3.05) is 13.1 Å². The minimum absolute atomic E-state index is 0.174. The smallest absolute Gasteiger partial charge is 0.223 e. The highest BCUT2D eigenvalue weighted by molar-refractivity contribution is 7.13. The van der Waals surface area contributed by atoms with E-state index in [0.717, 1.165) is 47.2 Å². The highest BCUT2D eigenvalue weighted by atomic mass is 32.1. The molecule has 0 spiro atoms. The number of hydrogen-bond donors (Lipinski definition) is 1. The zero-order valence-electron chi connectivity index (χ0n) is 15.0. The van der Waals surface area contributed by atoms with E-state index in [2.05, 4.69) is 0 Å². The molecule has 1 fully saturated rings. The number of nitrogens with zero attached hydrogens (tertiary/aromatic N) is 1. The summed E-state index contributed by atoms with van der Waals surface area (Å²) in [5.74, 6) is 2.14. The highest BCUT2D eigenvalue weighted by Gasteiger charge is 2.28. The summed E-state index contributed by atoms with van der Waals surface area (Å²) in [6.07, 6.45) is 2.40. The minimum atomic E-state index is -0.402. The summed E-state index contributed by atoms with van der Waals surface area (Å²) in [5, 5.41) is 14.5. The average molecular weight is 402 g/mol. The summed E-state index contributed by atoms with van der Waals surface area (Å²) in [4.78, 5) is 16.6. The molecule has 0 radical (unpaired) electrons. The van der Waals surface area contributed by atoms with E-state index in [0.29, 0.717) is 12.8 Å². The molecule has 1 N–H and O–H groups in total. The third-order valence-corrected chi connectivity index (χ3v) is 7.01. The summed E-state index contributed by atoms with van der Waals surface area (Å²) in [6, 6.07) is 11.9. The van der Waals surface area contributed by atoms with E-state index >= 15 is 0 Å². The number of aliphatic hydroxyl groups is 1. The van der Waals surface area contributed by atoms with Gasteiger partial charge < -0.3 is 14.4 Å². The molecule has 1 atom stereocenters. The van der Waals surface area contributed by atoms with Crippen LogP contribution in [0.2, 0.25) is 0 Å². The number of piperidine rings is 1. The van der Waals surface area contributed by atoms with Crippen molar-refractivity contribution in [1.29, 1.82) is 0 Å². The molecule has 4 nitrogen and oxygen atoms in total. The Kier molecular flexibility index (Phi) is 5.76. The van der Waals surface area contributed by atoms with Crippen molar-refractivity contribution in [3.63, 3.8) is 0 Å². The van der Waals surface area contributed by atoms with Gasteiger partial charge in [0.1, 0.15) is 11.5 Å². The van der Waals surface area contributed by atoms with Crippen molar-refractivity contribution in [2.24, 2.45) is 5.92 Å². The number of thiophene rings is 2. The maximum atomic E-state index is 12.5. The van der Waals surface area contributed by atoms with Crippen molar-refractivity contribution >= 4 is 28.6 Å². The van der Waals surface area contributed by atoms with Crippen LogP contribution in [0.25, 0.3) is 10.6 Å². The van der Waals surface area contributed by atoms with Crippen LogP contribution in [0.5, 0.6) is 0 Å². The molecule has 27 heavy (non-hydrogen) atoms.